The van der Waals surface area contributed by atoms with Crippen molar-refractivity contribution in [3.05, 3.63) is 67.1 Å². The van der Waals surface area contributed by atoms with Crippen molar-refractivity contribution in [1.29, 1.82) is 0 Å². The van der Waals surface area contributed by atoms with E-state index in [1.54, 1.807) is 32.2 Å². The van der Waals surface area contributed by atoms with E-state index in [4.69, 9.17) is 14.5 Å². The number of fused-ring (bicyclic) bond motifs is 1. The lowest BCUT2D eigenvalue weighted by molar-refractivity contribution is -0.149. The fraction of sp³-hybridized carbons (Fsp3) is 0.385. The molecule has 0 bridgehead atoms. The number of hydrogen-bond donors (Lipinski definition) is 0. The number of carbonyl (C=O) groups excluding carboxylic acids is 1. The van der Waals surface area contributed by atoms with E-state index >= 15 is 0 Å². The zero-order valence-electron chi connectivity index (χ0n) is 19.7. The molecule has 184 valence electrons. The van der Waals surface area contributed by atoms with Crippen LogP contribution in [0.4, 0.5) is 0 Å². The van der Waals surface area contributed by atoms with Gasteiger partial charge < -0.3 is 9.47 Å². The van der Waals surface area contributed by atoms with Gasteiger partial charge in [-0.3, -0.25) is 4.79 Å². The molecule has 7 nitrogen and oxygen atoms in total. The highest BCUT2D eigenvalue weighted by Crippen LogP contribution is 2.32. The Balaban J connectivity index is 1.63. The van der Waals surface area contributed by atoms with Crippen LogP contribution in [0.1, 0.15) is 63.3 Å². The smallest absolute Gasteiger partial charge is 0.344 e. The van der Waals surface area contributed by atoms with E-state index in [0.717, 1.165) is 35.7 Å². The fourth-order valence-electron chi connectivity index (χ4n) is 4.18. The predicted octanol–water partition coefficient (Wildman–Crippen LogP) is 6.18. The van der Waals surface area contributed by atoms with Crippen molar-refractivity contribution in [1.82, 2.24) is 9.66 Å². The Morgan fingerprint density at radius 1 is 1.17 bits per heavy atom. The first-order valence-electron chi connectivity index (χ1n) is 11.7. The molecule has 0 atom stereocenters. The summed E-state index contributed by atoms with van der Waals surface area (Å²) >= 11 is 6.93. The highest BCUT2D eigenvalue weighted by atomic mass is 79.9. The van der Waals surface area contributed by atoms with Crippen LogP contribution >= 0.6 is 31.9 Å². The maximum absolute atomic E-state index is 13.4. The van der Waals surface area contributed by atoms with Crippen LogP contribution in [0.5, 0.6) is 5.75 Å². The third-order valence-electron chi connectivity index (χ3n) is 5.79. The van der Waals surface area contributed by atoms with E-state index < -0.39 is 5.97 Å². The molecule has 1 aliphatic carbocycles. The molecule has 1 fully saturated rings. The molecule has 0 amide bonds. The van der Waals surface area contributed by atoms with Crippen LogP contribution in [0.2, 0.25) is 0 Å². The van der Waals surface area contributed by atoms with E-state index in [-0.39, 0.29) is 24.2 Å². The highest BCUT2D eigenvalue weighted by Gasteiger charge is 2.22. The second kappa shape index (κ2) is 11.5. The Bertz CT molecular complexity index is 1310. The van der Waals surface area contributed by atoms with Gasteiger partial charge in [-0.15, -0.1) is 0 Å². The van der Waals surface area contributed by atoms with Gasteiger partial charge in [0, 0.05) is 10.4 Å². The minimum absolute atomic E-state index is 0.178. The number of aromatic nitrogens is 2. The SMILES string of the molecule is CC(C)OC(=O)COc1ccc(C=Nn2c(C3CCCCC3)nc3ccc(Br)cc3c2=O)cc1Br. The first-order valence-corrected chi connectivity index (χ1v) is 13.3. The normalized spacial score (nSPS) is 14.7. The summed E-state index contributed by atoms with van der Waals surface area (Å²) < 4.78 is 13.6. The number of halogens is 2. The second-order valence-electron chi connectivity index (χ2n) is 8.85. The number of ether oxygens (including phenoxy) is 2. The Kier molecular flexibility index (Phi) is 8.38. The summed E-state index contributed by atoms with van der Waals surface area (Å²) in [6.07, 6.45) is 6.91. The number of esters is 1. The molecule has 0 unspecified atom stereocenters. The molecule has 0 spiro atoms. The van der Waals surface area contributed by atoms with Crippen molar-refractivity contribution in [3.63, 3.8) is 0 Å². The molecular formula is C26H27Br2N3O4. The molecule has 0 saturated heterocycles. The van der Waals surface area contributed by atoms with Gasteiger partial charge in [0.15, 0.2) is 6.61 Å². The van der Waals surface area contributed by atoms with Gasteiger partial charge in [0.1, 0.15) is 11.6 Å². The lowest BCUT2D eigenvalue weighted by Crippen LogP contribution is -2.25. The first-order chi connectivity index (χ1) is 16.8. The lowest BCUT2D eigenvalue weighted by atomic mass is 9.88. The van der Waals surface area contributed by atoms with Crippen LogP contribution in [-0.4, -0.2) is 34.6 Å². The predicted molar refractivity (Wildman–Crippen MR) is 143 cm³/mol. The van der Waals surface area contributed by atoms with Crippen LogP contribution in [0.3, 0.4) is 0 Å². The molecule has 1 aliphatic rings. The van der Waals surface area contributed by atoms with E-state index in [1.807, 2.05) is 24.3 Å². The Morgan fingerprint density at radius 3 is 2.66 bits per heavy atom. The molecule has 2 aromatic carbocycles. The van der Waals surface area contributed by atoms with Crippen molar-refractivity contribution >= 4 is 54.9 Å². The number of carbonyl (C=O) groups is 1. The van der Waals surface area contributed by atoms with Gasteiger partial charge in [-0.1, -0.05) is 35.2 Å². The zero-order valence-corrected chi connectivity index (χ0v) is 22.8. The third-order valence-corrected chi connectivity index (χ3v) is 6.91. The summed E-state index contributed by atoms with van der Waals surface area (Å²) in [5, 5.41) is 5.10. The average molecular weight is 605 g/mol. The van der Waals surface area contributed by atoms with Gasteiger partial charge in [0.25, 0.3) is 5.56 Å². The Morgan fingerprint density at radius 2 is 1.94 bits per heavy atom. The summed E-state index contributed by atoms with van der Waals surface area (Å²) in [6, 6.07) is 10.9. The van der Waals surface area contributed by atoms with Gasteiger partial charge in [-0.25, -0.2) is 9.78 Å². The molecule has 0 radical (unpaired) electrons. The Labute approximate surface area is 220 Å². The van der Waals surface area contributed by atoms with Crippen LogP contribution in [0.25, 0.3) is 10.9 Å². The van der Waals surface area contributed by atoms with Crippen molar-refractivity contribution in [3.8, 4) is 5.75 Å². The molecule has 9 heteroatoms. The minimum Gasteiger partial charge on any atom is -0.481 e. The lowest BCUT2D eigenvalue weighted by Gasteiger charge is -2.22. The van der Waals surface area contributed by atoms with E-state index in [2.05, 4.69) is 37.0 Å². The summed E-state index contributed by atoms with van der Waals surface area (Å²) in [4.78, 5) is 30.0. The second-order valence-corrected chi connectivity index (χ2v) is 10.6. The summed E-state index contributed by atoms with van der Waals surface area (Å²) in [5.41, 5.74) is 1.27. The molecule has 1 heterocycles. The highest BCUT2D eigenvalue weighted by molar-refractivity contribution is 9.10. The van der Waals surface area contributed by atoms with Gasteiger partial charge >= 0.3 is 5.97 Å². The van der Waals surface area contributed by atoms with Gasteiger partial charge in [-0.05, 0) is 84.6 Å². The summed E-state index contributed by atoms with van der Waals surface area (Å²) in [6.45, 7) is 3.40. The summed E-state index contributed by atoms with van der Waals surface area (Å²) in [7, 11) is 0. The van der Waals surface area contributed by atoms with E-state index in [0.29, 0.717) is 26.9 Å². The molecule has 1 saturated carbocycles. The van der Waals surface area contributed by atoms with E-state index in [1.165, 1.54) is 11.1 Å². The van der Waals surface area contributed by atoms with Crippen molar-refractivity contribution in [2.45, 2.75) is 58.0 Å². The minimum atomic E-state index is -0.428. The largest absolute Gasteiger partial charge is 0.481 e. The molecule has 1 aromatic heterocycles. The topological polar surface area (TPSA) is 82.8 Å². The molecule has 0 aliphatic heterocycles. The quantitative estimate of drug-likeness (QED) is 0.237. The molecule has 3 aromatic rings. The van der Waals surface area contributed by atoms with Gasteiger partial charge in [0.05, 0.1) is 27.7 Å². The summed E-state index contributed by atoms with van der Waals surface area (Å²) in [5.74, 6) is 1.00. The monoisotopic (exact) mass is 603 g/mol. The van der Waals surface area contributed by atoms with Crippen molar-refractivity contribution in [2.24, 2.45) is 5.10 Å². The maximum atomic E-state index is 13.4. The maximum Gasteiger partial charge on any atom is 0.344 e. The van der Waals surface area contributed by atoms with Crippen molar-refractivity contribution < 1.29 is 14.3 Å². The van der Waals surface area contributed by atoms with Crippen LogP contribution in [0, 0.1) is 0 Å². The number of benzene rings is 2. The fourth-order valence-corrected chi connectivity index (χ4v) is 5.05. The van der Waals surface area contributed by atoms with Gasteiger partial charge in [-0.2, -0.15) is 9.78 Å². The number of rotatable bonds is 7. The Hall–Kier alpha value is -2.52. The molecule has 35 heavy (non-hydrogen) atoms. The van der Waals surface area contributed by atoms with E-state index in [9.17, 15) is 9.59 Å². The molecular weight excluding hydrogens is 578 g/mol. The standard InChI is InChI=1S/C26H27Br2N3O4/c1-16(2)35-24(32)15-34-23-11-8-17(12-21(23)28)14-29-31-25(18-6-4-3-5-7-18)30-22-10-9-19(27)13-20(22)26(31)33/h8-14,16,18H,3-7,15H2,1-2H3. The average Bonchev–Trinajstić information content (AvgIpc) is 2.83. The van der Waals surface area contributed by atoms with Crippen LogP contribution < -0.4 is 10.3 Å². The first kappa shape index (κ1) is 25.6. The third kappa shape index (κ3) is 6.38. The number of hydrogen-bond acceptors (Lipinski definition) is 6. The number of nitrogens with zero attached hydrogens (tertiary/aromatic N) is 3. The molecule has 4 rings (SSSR count). The van der Waals surface area contributed by atoms with Crippen molar-refractivity contribution in [2.75, 3.05) is 6.61 Å². The zero-order chi connectivity index (χ0) is 24.9. The molecule has 0 N–H and O–H groups in total. The van der Waals surface area contributed by atoms with Gasteiger partial charge in [0.2, 0.25) is 0 Å². The van der Waals surface area contributed by atoms with Crippen LogP contribution in [-0.2, 0) is 9.53 Å². The van der Waals surface area contributed by atoms with Crippen LogP contribution in [0.15, 0.2) is 55.2 Å².